The van der Waals surface area contributed by atoms with Crippen LogP contribution in [0.2, 0.25) is 0 Å². The van der Waals surface area contributed by atoms with Crippen molar-refractivity contribution in [1.29, 1.82) is 0 Å². The number of halogens is 1. The molecular weight excluding hydrogens is 495 g/mol. The minimum atomic E-state index is -3.71. The largest absolute Gasteiger partial charge is 0.497 e. The van der Waals surface area contributed by atoms with E-state index >= 15 is 0 Å². The summed E-state index contributed by atoms with van der Waals surface area (Å²) in [6.45, 7) is 0.0826. The van der Waals surface area contributed by atoms with Gasteiger partial charge in [-0.25, -0.2) is 17.5 Å². The Kier molecular flexibility index (Phi) is 7.58. The molecule has 0 aliphatic carbocycles. The number of methoxy groups -OCH3 is 1. The number of aromatic nitrogens is 4. The molecule has 0 bridgehead atoms. The maximum atomic E-state index is 13.7. The number of benzene rings is 2. The van der Waals surface area contributed by atoms with Crippen molar-refractivity contribution in [3.63, 3.8) is 0 Å². The highest BCUT2D eigenvalue weighted by molar-refractivity contribution is 7.99. The molecule has 182 valence electrons. The number of para-hydroxylation sites is 1. The first-order chi connectivity index (χ1) is 16.9. The molecule has 35 heavy (non-hydrogen) atoms. The number of fused-ring (bicyclic) bond motifs is 1. The molecule has 0 fully saturated rings. The van der Waals surface area contributed by atoms with Gasteiger partial charge in [-0.2, -0.15) is 9.61 Å². The summed E-state index contributed by atoms with van der Waals surface area (Å²) in [6, 6.07) is 15.4. The molecule has 2 N–H and O–H groups in total. The van der Waals surface area contributed by atoms with Gasteiger partial charge in [0.2, 0.25) is 15.9 Å². The Hall–Kier alpha value is -3.55. The van der Waals surface area contributed by atoms with Crippen LogP contribution in [0.5, 0.6) is 5.75 Å². The molecule has 0 aliphatic rings. The van der Waals surface area contributed by atoms with Crippen LogP contribution in [0.15, 0.2) is 70.6 Å². The number of nitrogens with one attached hydrogen (secondary N) is 2. The number of amides is 1. The average Bonchev–Trinajstić information content (AvgIpc) is 3.26. The fraction of sp³-hybridized carbons (Fsp3) is 0.182. The smallest absolute Gasteiger partial charge is 0.240 e. The summed E-state index contributed by atoms with van der Waals surface area (Å²) in [7, 11) is -2.20. The van der Waals surface area contributed by atoms with E-state index in [1.54, 1.807) is 36.4 Å². The highest BCUT2D eigenvalue weighted by atomic mass is 32.2. The number of carbonyl (C=O) groups is 1. The molecule has 2 heterocycles. The summed E-state index contributed by atoms with van der Waals surface area (Å²) in [5, 5.41) is 15.6. The lowest BCUT2D eigenvalue weighted by atomic mass is 10.3. The molecule has 0 atom stereocenters. The van der Waals surface area contributed by atoms with Gasteiger partial charge >= 0.3 is 0 Å². The van der Waals surface area contributed by atoms with E-state index in [0.29, 0.717) is 22.2 Å². The van der Waals surface area contributed by atoms with Gasteiger partial charge in [0.05, 0.1) is 23.4 Å². The number of thioether (sulfide) groups is 1. The zero-order valence-corrected chi connectivity index (χ0v) is 20.1. The number of rotatable bonds is 10. The van der Waals surface area contributed by atoms with E-state index in [2.05, 4.69) is 25.3 Å². The Morgan fingerprint density at radius 3 is 2.60 bits per heavy atom. The highest BCUT2D eigenvalue weighted by Crippen LogP contribution is 2.18. The Balaban J connectivity index is 1.36. The number of anilines is 1. The first-order valence-corrected chi connectivity index (χ1v) is 12.8. The number of carbonyl (C=O) groups excluding carboxylic acids is 1. The number of sulfonamides is 1. The Morgan fingerprint density at radius 1 is 1.09 bits per heavy atom. The second-order valence-corrected chi connectivity index (χ2v) is 9.96. The van der Waals surface area contributed by atoms with Gasteiger partial charge < -0.3 is 10.1 Å². The van der Waals surface area contributed by atoms with E-state index in [1.807, 2.05) is 0 Å². The molecule has 0 radical (unpaired) electrons. The average molecular weight is 517 g/mol. The number of hydrogen-bond acceptors (Lipinski definition) is 8. The summed E-state index contributed by atoms with van der Waals surface area (Å²) in [5.74, 6) is 0.145. The first kappa shape index (κ1) is 24.6. The lowest BCUT2D eigenvalue weighted by Crippen LogP contribution is -2.26. The SMILES string of the molecule is COc1ccc(S(=O)(=O)NCCc2nnc3ccc(SCC(=O)Nc4ccccc4F)nn23)cc1. The molecule has 0 unspecified atom stereocenters. The molecule has 13 heteroatoms. The van der Waals surface area contributed by atoms with Crippen molar-refractivity contribution in [1.82, 2.24) is 24.5 Å². The molecule has 2 aromatic heterocycles. The van der Waals surface area contributed by atoms with Crippen LogP contribution in [-0.4, -0.2) is 53.5 Å². The number of ether oxygens (including phenoxy) is 1. The predicted molar refractivity (Wildman–Crippen MR) is 128 cm³/mol. The molecule has 10 nitrogen and oxygen atoms in total. The summed E-state index contributed by atoms with van der Waals surface area (Å²) in [4.78, 5) is 12.3. The lowest BCUT2D eigenvalue weighted by molar-refractivity contribution is -0.113. The molecule has 0 spiro atoms. The van der Waals surface area contributed by atoms with Gasteiger partial charge in [-0.15, -0.1) is 10.2 Å². The second kappa shape index (κ2) is 10.8. The van der Waals surface area contributed by atoms with Gasteiger partial charge in [-0.3, -0.25) is 4.79 Å². The van der Waals surface area contributed by atoms with Crippen molar-refractivity contribution in [2.75, 3.05) is 24.7 Å². The first-order valence-electron chi connectivity index (χ1n) is 10.4. The maximum absolute atomic E-state index is 13.7. The van der Waals surface area contributed by atoms with Crippen LogP contribution in [0.1, 0.15) is 5.82 Å². The number of hydrogen-bond donors (Lipinski definition) is 2. The van der Waals surface area contributed by atoms with E-state index in [-0.39, 0.29) is 35.2 Å². The van der Waals surface area contributed by atoms with Crippen LogP contribution in [-0.2, 0) is 21.2 Å². The summed E-state index contributed by atoms with van der Waals surface area (Å²) in [5.41, 5.74) is 0.595. The fourth-order valence-electron chi connectivity index (χ4n) is 3.07. The van der Waals surface area contributed by atoms with E-state index in [1.165, 1.54) is 47.7 Å². The zero-order chi connectivity index (χ0) is 24.8. The van der Waals surface area contributed by atoms with E-state index < -0.39 is 15.8 Å². The summed E-state index contributed by atoms with van der Waals surface area (Å²) >= 11 is 1.17. The highest BCUT2D eigenvalue weighted by Gasteiger charge is 2.15. The van der Waals surface area contributed by atoms with Gasteiger partial charge in [0.1, 0.15) is 16.6 Å². The van der Waals surface area contributed by atoms with Crippen molar-refractivity contribution < 1.29 is 22.3 Å². The van der Waals surface area contributed by atoms with Gasteiger partial charge in [0.25, 0.3) is 0 Å². The fourth-order valence-corrected chi connectivity index (χ4v) is 4.76. The summed E-state index contributed by atoms with van der Waals surface area (Å²) in [6.07, 6.45) is 0.242. The van der Waals surface area contributed by atoms with Crippen molar-refractivity contribution >= 4 is 39.0 Å². The zero-order valence-electron chi connectivity index (χ0n) is 18.5. The van der Waals surface area contributed by atoms with E-state index in [4.69, 9.17) is 4.74 Å². The Bertz CT molecular complexity index is 1440. The quantitative estimate of drug-likeness (QED) is 0.308. The van der Waals surface area contributed by atoms with Gasteiger partial charge in [0, 0.05) is 13.0 Å². The van der Waals surface area contributed by atoms with Crippen LogP contribution >= 0.6 is 11.8 Å². The predicted octanol–water partition coefficient (Wildman–Crippen LogP) is 2.52. The monoisotopic (exact) mass is 516 g/mol. The molecule has 4 aromatic rings. The molecule has 0 saturated carbocycles. The van der Waals surface area contributed by atoms with Crippen LogP contribution in [0.4, 0.5) is 10.1 Å². The number of nitrogens with zero attached hydrogens (tertiary/aromatic N) is 4. The Morgan fingerprint density at radius 2 is 1.86 bits per heavy atom. The van der Waals surface area contributed by atoms with Crippen LogP contribution in [0.25, 0.3) is 5.65 Å². The summed E-state index contributed by atoms with van der Waals surface area (Å²) < 4.78 is 47.8. The minimum absolute atomic E-state index is 0.0198. The third kappa shape index (κ3) is 6.12. The molecule has 1 amide bonds. The van der Waals surface area contributed by atoms with Crippen molar-refractivity contribution in [2.24, 2.45) is 0 Å². The van der Waals surface area contributed by atoms with Crippen LogP contribution in [0.3, 0.4) is 0 Å². The van der Waals surface area contributed by atoms with E-state index in [0.717, 1.165) is 0 Å². The molecule has 0 saturated heterocycles. The standard InChI is InChI=1S/C22H21FN6O4S2/c1-33-15-6-8-16(9-7-15)35(31,32)24-13-12-20-27-26-19-10-11-22(28-29(19)20)34-14-21(30)25-18-5-3-2-4-17(18)23/h2-11,24H,12-14H2,1H3,(H,25,30). The normalized spacial score (nSPS) is 11.5. The molecule has 4 rings (SSSR count). The minimum Gasteiger partial charge on any atom is -0.497 e. The van der Waals surface area contributed by atoms with Gasteiger partial charge in [-0.1, -0.05) is 23.9 Å². The van der Waals surface area contributed by atoms with E-state index in [9.17, 15) is 17.6 Å². The molecular formula is C22H21FN6O4S2. The molecule has 2 aromatic carbocycles. The lowest BCUT2D eigenvalue weighted by Gasteiger charge is -2.07. The van der Waals surface area contributed by atoms with Gasteiger partial charge in [0.15, 0.2) is 11.5 Å². The second-order valence-electron chi connectivity index (χ2n) is 7.20. The maximum Gasteiger partial charge on any atom is 0.240 e. The third-order valence-electron chi connectivity index (χ3n) is 4.81. The topological polar surface area (TPSA) is 128 Å². The van der Waals surface area contributed by atoms with Crippen LogP contribution in [0, 0.1) is 5.82 Å². The van der Waals surface area contributed by atoms with Crippen molar-refractivity contribution in [2.45, 2.75) is 16.3 Å². The van der Waals surface area contributed by atoms with Crippen molar-refractivity contribution in [3.05, 3.63) is 72.3 Å². The van der Waals surface area contributed by atoms with Gasteiger partial charge in [-0.05, 0) is 48.5 Å². The van der Waals surface area contributed by atoms with Crippen molar-refractivity contribution in [3.8, 4) is 5.75 Å². The molecule has 0 aliphatic heterocycles. The Labute approximate surface area is 205 Å². The third-order valence-corrected chi connectivity index (χ3v) is 7.21. The van der Waals surface area contributed by atoms with Crippen LogP contribution < -0.4 is 14.8 Å².